The summed E-state index contributed by atoms with van der Waals surface area (Å²) in [5, 5.41) is 0. The number of hydrogen-bond donors (Lipinski definition) is 0. The lowest BCUT2D eigenvalue weighted by molar-refractivity contribution is -0.155. The highest BCUT2D eigenvalue weighted by atomic mass is 16.2. The Morgan fingerprint density at radius 2 is 2.05 bits per heavy atom. The van der Waals surface area contributed by atoms with Gasteiger partial charge in [-0.3, -0.25) is 9.59 Å². The average molecular weight is 274 g/mol. The zero-order valence-electron chi connectivity index (χ0n) is 12.4. The predicted molar refractivity (Wildman–Crippen MR) is 78.1 cm³/mol. The Morgan fingerprint density at radius 1 is 1.30 bits per heavy atom. The fourth-order valence-electron chi connectivity index (χ4n) is 2.64. The normalized spacial score (nSPS) is 19.6. The summed E-state index contributed by atoms with van der Waals surface area (Å²) >= 11 is 0. The molecule has 4 heteroatoms. The second-order valence-corrected chi connectivity index (χ2v) is 5.45. The van der Waals surface area contributed by atoms with Crippen LogP contribution in [0.15, 0.2) is 24.3 Å². The van der Waals surface area contributed by atoms with Gasteiger partial charge in [0, 0.05) is 13.1 Å². The van der Waals surface area contributed by atoms with Crippen molar-refractivity contribution in [2.75, 3.05) is 13.1 Å². The summed E-state index contributed by atoms with van der Waals surface area (Å²) in [4.78, 5) is 27.9. The Labute approximate surface area is 120 Å². The SMILES string of the molecule is CCCN1CC(=O)N(Cc2cccc(C)c2)[C@H](C)C1=O. The van der Waals surface area contributed by atoms with E-state index < -0.39 is 0 Å². The van der Waals surface area contributed by atoms with Gasteiger partial charge in [0.05, 0.1) is 6.54 Å². The lowest BCUT2D eigenvalue weighted by atomic mass is 10.1. The molecule has 1 heterocycles. The van der Waals surface area contributed by atoms with E-state index in [0.29, 0.717) is 13.1 Å². The van der Waals surface area contributed by atoms with E-state index in [2.05, 4.69) is 6.07 Å². The van der Waals surface area contributed by atoms with Crippen molar-refractivity contribution in [3.63, 3.8) is 0 Å². The third kappa shape index (κ3) is 3.00. The number of carbonyl (C=O) groups excluding carboxylic acids is 2. The number of rotatable bonds is 4. The molecule has 0 saturated carbocycles. The van der Waals surface area contributed by atoms with Crippen LogP contribution in [0.25, 0.3) is 0 Å². The van der Waals surface area contributed by atoms with E-state index in [1.54, 1.807) is 9.80 Å². The second kappa shape index (κ2) is 6.07. The molecular formula is C16H22N2O2. The maximum absolute atomic E-state index is 12.3. The fourth-order valence-corrected chi connectivity index (χ4v) is 2.64. The predicted octanol–water partition coefficient (Wildman–Crippen LogP) is 1.96. The van der Waals surface area contributed by atoms with Gasteiger partial charge < -0.3 is 9.80 Å². The Bertz CT molecular complexity index is 513. The lowest BCUT2D eigenvalue weighted by Crippen LogP contribution is -2.58. The van der Waals surface area contributed by atoms with Crippen LogP contribution in [0.3, 0.4) is 0 Å². The molecule has 0 N–H and O–H groups in total. The Morgan fingerprint density at radius 3 is 2.70 bits per heavy atom. The number of aryl methyl sites for hydroxylation is 1. The zero-order valence-corrected chi connectivity index (χ0v) is 12.4. The molecule has 1 aromatic carbocycles. The van der Waals surface area contributed by atoms with Gasteiger partial charge in [0.1, 0.15) is 6.04 Å². The molecule has 0 radical (unpaired) electrons. The number of piperazine rings is 1. The molecule has 2 amide bonds. The van der Waals surface area contributed by atoms with Crippen LogP contribution in [0.2, 0.25) is 0 Å². The molecule has 1 fully saturated rings. The van der Waals surface area contributed by atoms with Crippen LogP contribution in [-0.4, -0.2) is 40.7 Å². The van der Waals surface area contributed by atoms with Crippen LogP contribution in [0.5, 0.6) is 0 Å². The quantitative estimate of drug-likeness (QED) is 0.842. The van der Waals surface area contributed by atoms with Crippen molar-refractivity contribution in [1.29, 1.82) is 0 Å². The van der Waals surface area contributed by atoms with Gasteiger partial charge in [-0.2, -0.15) is 0 Å². The smallest absolute Gasteiger partial charge is 0.245 e. The van der Waals surface area contributed by atoms with Crippen molar-refractivity contribution in [3.8, 4) is 0 Å². The summed E-state index contributed by atoms with van der Waals surface area (Å²) in [5.41, 5.74) is 2.24. The van der Waals surface area contributed by atoms with Crippen LogP contribution < -0.4 is 0 Å². The highest BCUT2D eigenvalue weighted by Crippen LogP contribution is 2.17. The number of carbonyl (C=O) groups is 2. The second-order valence-electron chi connectivity index (χ2n) is 5.45. The first kappa shape index (κ1) is 14.6. The summed E-state index contributed by atoms with van der Waals surface area (Å²) < 4.78 is 0. The number of benzene rings is 1. The molecule has 0 spiro atoms. The van der Waals surface area contributed by atoms with Crippen LogP contribution in [-0.2, 0) is 16.1 Å². The first-order valence-electron chi connectivity index (χ1n) is 7.16. The molecular weight excluding hydrogens is 252 g/mol. The lowest BCUT2D eigenvalue weighted by Gasteiger charge is -2.38. The van der Waals surface area contributed by atoms with E-state index in [0.717, 1.165) is 12.0 Å². The van der Waals surface area contributed by atoms with Gasteiger partial charge in [0.25, 0.3) is 0 Å². The van der Waals surface area contributed by atoms with Crippen molar-refractivity contribution in [2.45, 2.75) is 39.8 Å². The van der Waals surface area contributed by atoms with Crippen LogP contribution in [0.4, 0.5) is 0 Å². The molecule has 1 saturated heterocycles. The van der Waals surface area contributed by atoms with Crippen LogP contribution >= 0.6 is 0 Å². The van der Waals surface area contributed by atoms with Crippen molar-refractivity contribution in [2.24, 2.45) is 0 Å². The first-order valence-corrected chi connectivity index (χ1v) is 7.16. The number of amides is 2. The summed E-state index contributed by atoms with van der Waals surface area (Å²) in [5.74, 6) is 0.0890. The number of nitrogens with zero attached hydrogens (tertiary/aromatic N) is 2. The molecule has 2 rings (SSSR count). The first-order chi connectivity index (χ1) is 9.52. The molecule has 0 aliphatic carbocycles. The number of hydrogen-bond acceptors (Lipinski definition) is 2. The monoisotopic (exact) mass is 274 g/mol. The van der Waals surface area contributed by atoms with Gasteiger partial charge in [0.15, 0.2) is 0 Å². The molecule has 0 bridgehead atoms. The van der Waals surface area contributed by atoms with E-state index in [4.69, 9.17) is 0 Å². The van der Waals surface area contributed by atoms with E-state index in [1.807, 2.05) is 39.0 Å². The van der Waals surface area contributed by atoms with Crippen molar-refractivity contribution >= 4 is 11.8 Å². The van der Waals surface area contributed by atoms with E-state index in [9.17, 15) is 9.59 Å². The molecule has 1 aliphatic rings. The van der Waals surface area contributed by atoms with Gasteiger partial charge in [-0.1, -0.05) is 36.8 Å². The third-order valence-corrected chi connectivity index (χ3v) is 3.71. The Hall–Kier alpha value is -1.84. The summed E-state index contributed by atoms with van der Waals surface area (Å²) in [6.07, 6.45) is 0.879. The summed E-state index contributed by atoms with van der Waals surface area (Å²) in [6, 6.07) is 7.69. The van der Waals surface area contributed by atoms with Crippen molar-refractivity contribution in [3.05, 3.63) is 35.4 Å². The van der Waals surface area contributed by atoms with E-state index in [1.165, 1.54) is 5.56 Å². The Kier molecular flexibility index (Phi) is 4.42. The molecule has 1 atom stereocenters. The molecule has 1 aromatic rings. The molecule has 108 valence electrons. The average Bonchev–Trinajstić information content (AvgIpc) is 2.41. The van der Waals surface area contributed by atoms with Gasteiger partial charge in [0.2, 0.25) is 11.8 Å². The van der Waals surface area contributed by atoms with E-state index >= 15 is 0 Å². The minimum absolute atomic E-state index is 0.0343. The van der Waals surface area contributed by atoms with Gasteiger partial charge in [-0.25, -0.2) is 0 Å². The minimum Gasteiger partial charge on any atom is -0.332 e. The van der Waals surface area contributed by atoms with Crippen LogP contribution in [0, 0.1) is 6.92 Å². The van der Waals surface area contributed by atoms with Crippen molar-refractivity contribution in [1.82, 2.24) is 9.80 Å². The summed E-state index contributed by atoms with van der Waals surface area (Å²) in [6.45, 7) is 7.24. The standard InChI is InChI=1S/C16H22N2O2/c1-4-8-17-11-15(19)18(13(3)16(17)20)10-14-7-5-6-12(2)9-14/h5-7,9,13H,4,8,10-11H2,1-3H3/t13-/m1/s1. The fraction of sp³-hybridized carbons (Fsp3) is 0.500. The Balaban J connectivity index is 2.12. The highest BCUT2D eigenvalue weighted by Gasteiger charge is 2.35. The summed E-state index contributed by atoms with van der Waals surface area (Å²) in [7, 11) is 0. The molecule has 4 nitrogen and oxygen atoms in total. The van der Waals surface area contributed by atoms with Gasteiger partial charge >= 0.3 is 0 Å². The zero-order chi connectivity index (χ0) is 14.7. The molecule has 0 unspecified atom stereocenters. The van der Waals surface area contributed by atoms with Crippen molar-refractivity contribution < 1.29 is 9.59 Å². The molecule has 0 aromatic heterocycles. The van der Waals surface area contributed by atoms with E-state index in [-0.39, 0.29) is 24.4 Å². The topological polar surface area (TPSA) is 40.6 Å². The third-order valence-electron chi connectivity index (χ3n) is 3.71. The maximum atomic E-state index is 12.3. The van der Waals surface area contributed by atoms with Crippen LogP contribution in [0.1, 0.15) is 31.4 Å². The molecule has 20 heavy (non-hydrogen) atoms. The highest BCUT2D eigenvalue weighted by molar-refractivity contribution is 5.94. The van der Waals surface area contributed by atoms with Gasteiger partial charge in [-0.05, 0) is 25.8 Å². The minimum atomic E-state index is -0.372. The largest absolute Gasteiger partial charge is 0.332 e. The van der Waals surface area contributed by atoms with Gasteiger partial charge in [-0.15, -0.1) is 0 Å². The molecule has 1 aliphatic heterocycles. The maximum Gasteiger partial charge on any atom is 0.245 e.